The van der Waals surface area contributed by atoms with Crippen molar-refractivity contribution in [3.05, 3.63) is 70.8 Å². The number of nitrogens with one attached hydrogen (secondary N) is 1. The highest BCUT2D eigenvalue weighted by molar-refractivity contribution is 5.96. The van der Waals surface area contributed by atoms with E-state index in [1.807, 2.05) is 0 Å². The van der Waals surface area contributed by atoms with Crippen LogP contribution in [0.4, 0.5) is 17.6 Å². The molecule has 1 aliphatic heterocycles. The Balaban J connectivity index is 1.66. The normalized spacial score (nSPS) is 14.0. The number of amides is 1. The van der Waals surface area contributed by atoms with Crippen molar-refractivity contribution < 1.29 is 27.1 Å². The molecule has 3 heterocycles. The molecule has 0 saturated heterocycles. The number of hydrogen-bond acceptors (Lipinski definition) is 4. The first kappa shape index (κ1) is 18.9. The number of carbonyl (C=O) groups excluding carboxylic acids is 1. The fraction of sp³-hybridized carbons (Fsp3) is 0.211. The molecule has 29 heavy (non-hydrogen) atoms. The van der Waals surface area contributed by atoms with E-state index in [9.17, 15) is 22.4 Å². The maximum atomic E-state index is 13.6. The van der Waals surface area contributed by atoms with Crippen molar-refractivity contribution in [2.45, 2.75) is 12.6 Å². The summed E-state index contributed by atoms with van der Waals surface area (Å²) in [6.07, 6.45) is -1.77. The minimum atomic E-state index is -4.63. The molecule has 4 rings (SSSR count). The van der Waals surface area contributed by atoms with E-state index in [0.717, 1.165) is 12.1 Å². The van der Waals surface area contributed by atoms with E-state index >= 15 is 0 Å². The molecule has 1 aliphatic rings. The molecule has 2 aromatic heterocycles. The van der Waals surface area contributed by atoms with E-state index < -0.39 is 17.6 Å². The van der Waals surface area contributed by atoms with Crippen LogP contribution in [0.5, 0.6) is 5.88 Å². The lowest BCUT2D eigenvalue weighted by molar-refractivity contribution is -0.137. The highest BCUT2D eigenvalue weighted by Gasteiger charge is 2.31. The highest BCUT2D eigenvalue weighted by Crippen LogP contribution is 2.31. The molecule has 150 valence electrons. The van der Waals surface area contributed by atoms with Crippen molar-refractivity contribution in [1.82, 2.24) is 20.1 Å². The number of alkyl halides is 3. The second-order valence-corrected chi connectivity index (χ2v) is 6.42. The molecule has 0 spiro atoms. The number of rotatable bonds is 3. The number of benzene rings is 1. The van der Waals surface area contributed by atoms with Crippen LogP contribution in [0.2, 0.25) is 0 Å². The average molecular weight is 406 g/mol. The second kappa shape index (κ2) is 7.19. The quantitative estimate of drug-likeness (QED) is 0.679. The Bertz CT molecular complexity index is 1080. The number of aromatic nitrogens is 3. The van der Waals surface area contributed by atoms with Crippen molar-refractivity contribution in [1.29, 1.82) is 0 Å². The minimum absolute atomic E-state index is 0.0567. The van der Waals surface area contributed by atoms with Gasteiger partial charge >= 0.3 is 6.18 Å². The molecule has 0 fully saturated rings. The van der Waals surface area contributed by atoms with Crippen LogP contribution in [-0.4, -0.2) is 33.8 Å². The molecule has 0 bridgehead atoms. The van der Waals surface area contributed by atoms with E-state index in [1.54, 1.807) is 12.1 Å². The third kappa shape index (κ3) is 3.91. The summed E-state index contributed by atoms with van der Waals surface area (Å²) in [5.74, 6) is -0.721. The first-order valence-corrected chi connectivity index (χ1v) is 8.62. The Kier molecular flexibility index (Phi) is 4.69. The van der Waals surface area contributed by atoms with Crippen molar-refractivity contribution in [2.75, 3.05) is 13.2 Å². The van der Waals surface area contributed by atoms with Crippen LogP contribution < -0.4 is 10.1 Å². The van der Waals surface area contributed by atoms with Crippen LogP contribution in [0.25, 0.3) is 5.82 Å². The standard InChI is InChI=1S/C19H14F4N4O2/c20-14-7-12(6-13(9-14)19(21,22)23)5-11-1-2-24-16(8-11)27-18-15(10-26-27)17(28)25-3-4-29-18/h1-2,6-10H,3-5H2,(H,25,28). The molecule has 1 N–H and O–H groups in total. The van der Waals surface area contributed by atoms with Gasteiger partial charge < -0.3 is 10.1 Å². The average Bonchev–Trinajstić information content (AvgIpc) is 2.99. The van der Waals surface area contributed by atoms with Gasteiger partial charge in [0.05, 0.1) is 18.3 Å². The maximum absolute atomic E-state index is 13.6. The number of ether oxygens (including phenoxy) is 1. The molecule has 3 aromatic rings. The van der Waals surface area contributed by atoms with Gasteiger partial charge in [0.2, 0.25) is 5.88 Å². The third-order valence-electron chi connectivity index (χ3n) is 4.32. The molecular weight excluding hydrogens is 392 g/mol. The van der Waals surface area contributed by atoms with Crippen molar-refractivity contribution in [2.24, 2.45) is 0 Å². The molecule has 0 unspecified atom stereocenters. The van der Waals surface area contributed by atoms with Crippen LogP contribution in [-0.2, 0) is 12.6 Å². The molecule has 0 atom stereocenters. The summed E-state index contributed by atoms with van der Waals surface area (Å²) in [6.45, 7) is 0.607. The molecule has 1 aromatic carbocycles. The largest absolute Gasteiger partial charge is 0.475 e. The number of fused-ring (bicyclic) bond motifs is 1. The van der Waals surface area contributed by atoms with Crippen molar-refractivity contribution in [3.8, 4) is 11.7 Å². The summed E-state index contributed by atoms with van der Waals surface area (Å²) in [6, 6.07) is 5.64. The molecule has 0 saturated carbocycles. The first-order chi connectivity index (χ1) is 13.8. The zero-order chi connectivity index (χ0) is 20.6. The van der Waals surface area contributed by atoms with Gasteiger partial charge in [-0.15, -0.1) is 0 Å². The summed E-state index contributed by atoms with van der Waals surface area (Å²) >= 11 is 0. The van der Waals surface area contributed by atoms with Gasteiger partial charge in [-0.05, 0) is 47.9 Å². The lowest BCUT2D eigenvalue weighted by Gasteiger charge is -2.11. The Morgan fingerprint density at radius 2 is 2.00 bits per heavy atom. The number of carbonyl (C=O) groups is 1. The van der Waals surface area contributed by atoms with Crippen molar-refractivity contribution in [3.63, 3.8) is 0 Å². The van der Waals surface area contributed by atoms with Gasteiger partial charge in [0.15, 0.2) is 5.82 Å². The number of hydrogen-bond donors (Lipinski definition) is 1. The van der Waals surface area contributed by atoms with E-state index in [0.29, 0.717) is 24.0 Å². The van der Waals surface area contributed by atoms with Gasteiger partial charge in [-0.1, -0.05) is 0 Å². The van der Waals surface area contributed by atoms with Crippen LogP contribution in [0, 0.1) is 5.82 Å². The second-order valence-electron chi connectivity index (χ2n) is 6.42. The predicted octanol–water partition coefficient (Wildman–Crippen LogP) is 3.14. The maximum Gasteiger partial charge on any atom is 0.416 e. The predicted molar refractivity (Wildman–Crippen MR) is 93.4 cm³/mol. The van der Waals surface area contributed by atoms with Gasteiger partial charge in [0.1, 0.15) is 18.0 Å². The van der Waals surface area contributed by atoms with Gasteiger partial charge in [-0.3, -0.25) is 4.79 Å². The van der Waals surface area contributed by atoms with E-state index in [2.05, 4.69) is 15.4 Å². The third-order valence-corrected chi connectivity index (χ3v) is 4.32. The zero-order valence-electron chi connectivity index (χ0n) is 14.8. The lowest BCUT2D eigenvalue weighted by atomic mass is 10.0. The van der Waals surface area contributed by atoms with Gasteiger partial charge in [-0.2, -0.15) is 23.0 Å². The Hall–Kier alpha value is -3.43. The molecule has 0 radical (unpaired) electrons. The SMILES string of the molecule is O=C1NCCOc2c1cnn2-c1cc(Cc2cc(F)cc(C(F)(F)F)c2)ccn1. The van der Waals surface area contributed by atoms with Crippen molar-refractivity contribution >= 4 is 5.91 Å². The Morgan fingerprint density at radius 3 is 2.79 bits per heavy atom. The van der Waals surface area contributed by atoms with Crippen LogP contribution in [0.3, 0.4) is 0 Å². The number of nitrogens with zero attached hydrogens (tertiary/aromatic N) is 3. The fourth-order valence-corrected chi connectivity index (χ4v) is 3.04. The Morgan fingerprint density at radius 1 is 1.17 bits per heavy atom. The molecule has 1 amide bonds. The zero-order valence-corrected chi connectivity index (χ0v) is 14.8. The van der Waals surface area contributed by atoms with Gasteiger partial charge in [-0.25, -0.2) is 9.37 Å². The molecular formula is C19H14F4N4O2. The molecule has 6 nitrogen and oxygen atoms in total. The number of halogens is 4. The summed E-state index contributed by atoms with van der Waals surface area (Å²) in [7, 11) is 0. The van der Waals surface area contributed by atoms with E-state index in [-0.39, 0.29) is 35.9 Å². The van der Waals surface area contributed by atoms with Gasteiger partial charge in [0.25, 0.3) is 5.91 Å². The lowest BCUT2D eigenvalue weighted by Crippen LogP contribution is -2.24. The fourth-order valence-electron chi connectivity index (χ4n) is 3.04. The van der Waals surface area contributed by atoms with E-state index in [4.69, 9.17) is 4.74 Å². The monoisotopic (exact) mass is 406 g/mol. The van der Waals surface area contributed by atoms with Crippen LogP contribution >= 0.6 is 0 Å². The van der Waals surface area contributed by atoms with Gasteiger partial charge in [0, 0.05) is 6.20 Å². The van der Waals surface area contributed by atoms with E-state index in [1.165, 1.54) is 17.1 Å². The summed E-state index contributed by atoms with van der Waals surface area (Å²) < 4.78 is 59.3. The first-order valence-electron chi connectivity index (χ1n) is 8.62. The van der Waals surface area contributed by atoms with Crippen LogP contribution in [0.15, 0.2) is 42.7 Å². The smallest absolute Gasteiger partial charge is 0.416 e. The molecule has 10 heteroatoms. The number of pyridine rings is 1. The summed E-state index contributed by atoms with van der Waals surface area (Å²) in [4.78, 5) is 16.2. The summed E-state index contributed by atoms with van der Waals surface area (Å²) in [5.41, 5.74) is -0.0197. The van der Waals surface area contributed by atoms with Crippen LogP contribution in [0.1, 0.15) is 27.0 Å². The highest BCUT2D eigenvalue weighted by atomic mass is 19.4. The molecule has 0 aliphatic carbocycles. The topological polar surface area (TPSA) is 69.0 Å². The summed E-state index contributed by atoms with van der Waals surface area (Å²) in [5, 5.41) is 6.80. The minimum Gasteiger partial charge on any atom is -0.475 e. The Labute approximate surface area is 162 Å².